The van der Waals surface area contributed by atoms with Gasteiger partial charge in [0.25, 0.3) is 10.0 Å². The van der Waals surface area contributed by atoms with Gasteiger partial charge in [-0.15, -0.1) is 10.2 Å². The standard InChI is InChI=1S/C9H10N6O4S/c1-5(8-11-14-15-12-8)13-20(18,19)7-3-2-6(4-10-7)9(16)17/h2-5,13H,1H3,(H,16,17)(H,11,12,14,15). The number of pyridine rings is 1. The number of carboxylic acids is 1. The molecule has 0 radical (unpaired) electrons. The SMILES string of the molecule is CC(NS(=O)(=O)c1ccc(C(=O)O)cn1)c1nn[nH]n1. The van der Waals surface area contributed by atoms with Crippen LogP contribution in [-0.4, -0.2) is 45.1 Å². The average Bonchev–Trinajstić information content (AvgIpc) is 2.92. The molecule has 0 amide bonds. The largest absolute Gasteiger partial charge is 0.478 e. The number of carbonyl (C=O) groups is 1. The minimum atomic E-state index is -3.90. The molecule has 0 aliphatic rings. The number of nitrogens with zero attached hydrogens (tertiary/aromatic N) is 4. The Morgan fingerprint density at radius 1 is 1.45 bits per heavy atom. The molecular weight excluding hydrogens is 288 g/mol. The normalized spacial score (nSPS) is 13.1. The lowest BCUT2D eigenvalue weighted by molar-refractivity contribution is 0.0696. The first-order valence-electron chi connectivity index (χ1n) is 5.35. The zero-order chi connectivity index (χ0) is 14.8. The molecular formula is C9H10N6O4S. The summed E-state index contributed by atoms with van der Waals surface area (Å²) in [7, 11) is -3.90. The Morgan fingerprint density at radius 2 is 2.20 bits per heavy atom. The average molecular weight is 298 g/mol. The number of aromatic nitrogens is 5. The minimum absolute atomic E-state index is 0.102. The molecule has 3 N–H and O–H groups in total. The van der Waals surface area contributed by atoms with Crippen LogP contribution in [-0.2, 0) is 10.0 Å². The highest BCUT2D eigenvalue weighted by Crippen LogP contribution is 2.12. The van der Waals surface area contributed by atoms with Crippen LogP contribution in [0, 0.1) is 0 Å². The Labute approximate surface area is 113 Å². The van der Waals surface area contributed by atoms with E-state index in [9.17, 15) is 13.2 Å². The van der Waals surface area contributed by atoms with Gasteiger partial charge in [-0.1, -0.05) is 5.21 Å². The number of nitrogens with one attached hydrogen (secondary N) is 2. The summed E-state index contributed by atoms with van der Waals surface area (Å²) in [5.41, 5.74) is -0.102. The molecule has 0 saturated heterocycles. The summed E-state index contributed by atoms with van der Waals surface area (Å²) < 4.78 is 26.3. The lowest BCUT2D eigenvalue weighted by Crippen LogP contribution is -2.28. The summed E-state index contributed by atoms with van der Waals surface area (Å²) in [6.07, 6.45) is 0.968. The van der Waals surface area contributed by atoms with Gasteiger partial charge in [0.2, 0.25) is 0 Å². The molecule has 0 bridgehead atoms. The lowest BCUT2D eigenvalue weighted by Gasteiger charge is -2.10. The molecule has 0 aliphatic carbocycles. The van der Waals surface area contributed by atoms with Crippen LogP contribution < -0.4 is 4.72 Å². The van der Waals surface area contributed by atoms with Crippen molar-refractivity contribution < 1.29 is 18.3 Å². The molecule has 0 aromatic carbocycles. The number of tetrazole rings is 1. The van der Waals surface area contributed by atoms with Gasteiger partial charge in [-0.25, -0.2) is 18.2 Å². The maximum Gasteiger partial charge on any atom is 0.337 e. The third kappa shape index (κ3) is 2.95. The monoisotopic (exact) mass is 298 g/mol. The van der Waals surface area contributed by atoms with Crippen LogP contribution in [0.25, 0.3) is 0 Å². The third-order valence-corrected chi connectivity index (χ3v) is 3.80. The van der Waals surface area contributed by atoms with Crippen LogP contribution in [0.2, 0.25) is 0 Å². The molecule has 0 aliphatic heterocycles. The van der Waals surface area contributed by atoms with Gasteiger partial charge in [-0.3, -0.25) is 0 Å². The summed E-state index contributed by atoms with van der Waals surface area (Å²) >= 11 is 0. The van der Waals surface area contributed by atoms with Gasteiger partial charge < -0.3 is 5.11 Å². The lowest BCUT2D eigenvalue weighted by atomic mass is 10.3. The molecule has 2 aromatic rings. The molecule has 0 saturated carbocycles. The number of aromatic amines is 1. The summed E-state index contributed by atoms with van der Waals surface area (Å²) in [5, 5.41) is 21.3. The number of carboxylic acid groups (broad SMARTS) is 1. The molecule has 106 valence electrons. The summed E-state index contributed by atoms with van der Waals surface area (Å²) in [4.78, 5) is 14.3. The Morgan fingerprint density at radius 3 is 2.70 bits per heavy atom. The van der Waals surface area contributed by atoms with Gasteiger partial charge in [-0.2, -0.15) is 9.94 Å². The first kappa shape index (κ1) is 14.0. The molecule has 0 spiro atoms. The summed E-state index contributed by atoms with van der Waals surface area (Å²) in [6, 6.07) is 1.55. The van der Waals surface area contributed by atoms with E-state index in [2.05, 4.69) is 30.3 Å². The predicted molar refractivity (Wildman–Crippen MR) is 64.1 cm³/mol. The van der Waals surface area contributed by atoms with E-state index in [0.717, 1.165) is 18.3 Å². The van der Waals surface area contributed by atoms with Gasteiger partial charge in [-0.05, 0) is 19.1 Å². The number of sulfonamides is 1. The van der Waals surface area contributed by atoms with Crippen molar-refractivity contribution in [2.45, 2.75) is 18.0 Å². The number of hydrogen-bond acceptors (Lipinski definition) is 7. The molecule has 2 aromatic heterocycles. The minimum Gasteiger partial charge on any atom is -0.478 e. The Kier molecular flexibility index (Phi) is 3.72. The van der Waals surface area contributed by atoms with Crippen LogP contribution in [0.1, 0.15) is 29.1 Å². The summed E-state index contributed by atoms with van der Waals surface area (Å²) in [5.74, 6) is -1.01. The first-order valence-corrected chi connectivity index (χ1v) is 6.83. The molecule has 10 nitrogen and oxygen atoms in total. The van der Waals surface area contributed by atoms with Gasteiger partial charge in [0.1, 0.15) is 0 Å². The van der Waals surface area contributed by atoms with Crippen molar-refractivity contribution in [2.24, 2.45) is 0 Å². The fourth-order valence-corrected chi connectivity index (χ4v) is 2.49. The second-order valence-electron chi connectivity index (χ2n) is 3.80. The number of H-pyrrole nitrogens is 1. The Bertz CT molecular complexity index is 697. The van der Waals surface area contributed by atoms with E-state index >= 15 is 0 Å². The second-order valence-corrected chi connectivity index (χ2v) is 5.46. The smallest absolute Gasteiger partial charge is 0.337 e. The van der Waals surface area contributed by atoms with Crippen LogP contribution >= 0.6 is 0 Å². The number of rotatable bonds is 5. The molecule has 20 heavy (non-hydrogen) atoms. The van der Waals surface area contributed by atoms with Crippen molar-refractivity contribution in [3.05, 3.63) is 29.7 Å². The Hall–Kier alpha value is -2.40. The van der Waals surface area contributed by atoms with Crippen LogP contribution in [0.5, 0.6) is 0 Å². The summed E-state index contributed by atoms with van der Waals surface area (Å²) in [6.45, 7) is 1.54. The van der Waals surface area contributed by atoms with Crippen molar-refractivity contribution >= 4 is 16.0 Å². The van der Waals surface area contributed by atoms with Gasteiger partial charge in [0.05, 0.1) is 11.6 Å². The van der Waals surface area contributed by atoms with Crippen molar-refractivity contribution in [1.29, 1.82) is 0 Å². The zero-order valence-corrected chi connectivity index (χ0v) is 11.0. The number of aromatic carboxylic acids is 1. The van der Waals surface area contributed by atoms with Crippen molar-refractivity contribution in [3.63, 3.8) is 0 Å². The van der Waals surface area contributed by atoms with E-state index in [4.69, 9.17) is 5.11 Å². The highest BCUT2D eigenvalue weighted by molar-refractivity contribution is 7.89. The van der Waals surface area contributed by atoms with Crippen molar-refractivity contribution in [2.75, 3.05) is 0 Å². The quantitative estimate of drug-likeness (QED) is 0.657. The first-order chi connectivity index (χ1) is 9.40. The van der Waals surface area contributed by atoms with E-state index in [1.54, 1.807) is 0 Å². The molecule has 1 unspecified atom stereocenters. The van der Waals surface area contributed by atoms with Gasteiger partial charge in [0, 0.05) is 6.20 Å². The maximum absolute atomic E-state index is 12.0. The van der Waals surface area contributed by atoms with Gasteiger partial charge in [0.15, 0.2) is 10.9 Å². The zero-order valence-electron chi connectivity index (χ0n) is 10.2. The molecule has 1 atom stereocenters. The van der Waals surface area contributed by atoms with E-state index in [0.29, 0.717) is 0 Å². The fraction of sp³-hybridized carbons (Fsp3) is 0.222. The fourth-order valence-electron chi connectivity index (χ4n) is 1.36. The van der Waals surface area contributed by atoms with Crippen LogP contribution in [0.4, 0.5) is 0 Å². The topological polar surface area (TPSA) is 151 Å². The molecule has 2 heterocycles. The van der Waals surface area contributed by atoms with Crippen molar-refractivity contribution in [1.82, 2.24) is 30.3 Å². The van der Waals surface area contributed by atoms with E-state index in [-0.39, 0.29) is 16.4 Å². The van der Waals surface area contributed by atoms with Crippen LogP contribution in [0.3, 0.4) is 0 Å². The molecule has 2 rings (SSSR count). The third-order valence-electron chi connectivity index (χ3n) is 2.34. The van der Waals surface area contributed by atoms with Crippen molar-refractivity contribution in [3.8, 4) is 0 Å². The van der Waals surface area contributed by atoms with E-state index in [1.165, 1.54) is 6.92 Å². The molecule has 0 fully saturated rings. The van der Waals surface area contributed by atoms with E-state index < -0.39 is 22.0 Å². The highest BCUT2D eigenvalue weighted by atomic mass is 32.2. The second kappa shape index (κ2) is 5.30. The Balaban J connectivity index is 2.20. The molecule has 11 heteroatoms. The van der Waals surface area contributed by atoms with Gasteiger partial charge >= 0.3 is 5.97 Å². The predicted octanol–water partition coefficient (Wildman–Crippen LogP) is -0.668. The van der Waals surface area contributed by atoms with Crippen LogP contribution in [0.15, 0.2) is 23.4 Å². The highest BCUT2D eigenvalue weighted by Gasteiger charge is 2.22. The number of hydrogen-bond donors (Lipinski definition) is 3. The van der Waals surface area contributed by atoms with E-state index in [1.807, 2.05) is 0 Å². The maximum atomic E-state index is 12.0.